The Morgan fingerprint density at radius 3 is 2.73 bits per heavy atom. The van der Waals surface area contributed by atoms with Crippen molar-refractivity contribution in [3.05, 3.63) is 17.0 Å². The third kappa shape index (κ3) is 1.13. The van der Waals surface area contributed by atoms with Gasteiger partial charge in [0.15, 0.2) is 0 Å². The van der Waals surface area contributed by atoms with Crippen LogP contribution < -0.4 is 5.32 Å². The summed E-state index contributed by atoms with van der Waals surface area (Å²) in [7, 11) is 4.16. The number of nitrogens with one attached hydrogen (secondary N) is 1. The van der Waals surface area contributed by atoms with Crippen LogP contribution in [0.25, 0.3) is 0 Å². The summed E-state index contributed by atoms with van der Waals surface area (Å²) in [5, 5.41) is 8.07. The van der Waals surface area contributed by atoms with Crippen molar-refractivity contribution in [1.82, 2.24) is 15.1 Å². The highest BCUT2D eigenvalue weighted by Gasteiger charge is 2.52. The summed E-state index contributed by atoms with van der Waals surface area (Å²) < 4.78 is 2.07. The van der Waals surface area contributed by atoms with Gasteiger partial charge in [0, 0.05) is 24.3 Å². The summed E-state index contributed by atoms with van der Waals surface area (Å²) in [5.74, 6) is 0. The molecule has 1 spiro atoms. The number of hydrogen-bond acceptors (Lipinski definition) is 2. The topological polar surface area (TPSA) is 29.9 Å². The Balaban J connectivity index is 2.12. The van der Waals surface area contributed by atoms with Crippen LogP contribution in [0.1, 0.15) is 42.3 Å². The average molecular weight is 205 g/mol. The summed E-state index contributed by atoms with van der Waals surface area (Å²) in [6.45, 7) is 2.14. The van der Waals surface area contributed by atoms with E-state index in [4.69, 9.17) is 0 Å². The molecule has 1 aromatic rings. The van der Waals surface area contributed by atoms with Gasteiger partial charge < -0.3 is 5.32 Å². The third-order valence-corrected chi connectivity index (χ3v) is 4.33. The highest BCUT2D eigenvalue weighted by atomic mass is 15.3. The van der Waals surface area contributed by atoms with Crippen LogP contribution in [-0.4, -0.2) is 16.8 Å². The Hall–Kier alpha value is -0.830. The molecule has 15 heavy (non-hydrogen) atoms. The molecular weight excluding hydrogens is 186 g/mol. The van der Waals surface area contributed by atoms with Crippen molar-refractivity contribution < 1.29 is 0 Å². The third-order valence-electron chi connectivity index (χ3n) is 4.33. The van der Waals surface area contributed by atoms with Gasteiger partial charge in [-0.25, -0.2) is 0 Å². The molecule has 1 N–H and O–H groups in total. The number of fused-ring (bicyclic) bond motifs is 1. The fraction of sp³-hybridized carbons (Fsp3) is 0.750. The van der Waals surface area contributed by atoms with Crippen LogP contribution in [0.3, 0.4) is 0 Å². The molecule has 1 fully saturated rings. The van der Waals surface area contributed by atoms with E-state index in [0.717, 1.165) is 0 Å². The van der Waals surface area contributed by atoms with Gasteiger partial charge in [-0.2, -0.15) is 5.10 Å². The molecule has 3 nitrogen and oxygen atoms in total. The highest BCUT2D eigenvalue weighted by Crippen LogP contribution is 2.61. The van der Waals surface area contributed by atoms with Gasteiger partial charge in [-0.3, -0.25) is 4.68 Å². The van der Waals surface area contributed by atoms with E-state index in [9.17, 15) is 0 Å². The maximum atomic E-state index is 4.56. The first-order valence-corrected chi connectivity index (χ1v) is 5.87. The quantitative estimate of drug-likeness (QED) is 0.756. The Morgan fingerprint density at radius 1 is 1.40 bits per heavy atom. The summed E-state index contributed by atoms with van der Waals surface area (Å²) in [6.07, 6.45) is 5.34. The van der Waals surface area contributed by atoms with Gasteiger partial charge in [-0.15, -0.1) is 0 Å². The lowest BCUT2D eigenvalue weighted by molar-refractivity contribution is 0.308. The minimum absolute atomic E-state index is 0.551. The zero-order valence-electron chi connectivity index (χ0n) is 9.80. The number of nitrogens with zero attached hydrogens (tertiary/aromatic N) is 2. The molecule has 1 unspecified atom stereocenters. The molecule has 1 aromatic heterocycles. The molecule has 1 atom stereocenters. The van der Waals surface area contributed by atoms with Crippen molar-refractivity contribution in [3.63, 3.8) is 0 Å². The summed E-state index contributed by atoms with van der Waals surface area (Å²) in [6, 6.07) is 0.551. The van der Waals surface area contributed by atoms with E-state index in [-0.39, 0.29) is 0 Å². The van der Waals surface area contributed by atoms with E-state index in [2.05, 4.69) is 36.1 Å². The predicted molar refractivity (Wildman–Crippen MR) is 59.7 cm³/mol. The van der Waals surface area contributed by atoms with Crippen molar-refractivity contribution in [2.24, 2.45) is 12.5 Å². The van der Waals surface area contributed by atoms with Crippen LogP contribution in [-0.2, 0) is 13.5 Å². The largest absolute Gasteiger partial charge is 0.312 e. The highest BCUT2D eigenvalue weighted by molar-refractivity contribution is 5.36. The lowest BCUT2D eigenvalue weighted by Gasteiger charge is -2.32. The fourth-order valence-corrected chi connectivity index (χ4v) is 3.36. The van der Waals surface area contributed by atoms with Crippen LogP contribution >= 0.6 is 0 Å². The molecule has 0 amide bonds. The van der Waals surface area contributed by atoms with E-state index < -0.39 is 0 Å². The molecule has 3 rings (SSSR count). The lowest BCUT2D eigenvalue weighted by atomic mass is 9.79. The van der Waals surface area contributed by atoms with Crippen molar-refractivity contribution in [3.8, 4) is 0 Å². The van der Waals surface area contributed by atoms with Gasteiger partial charge >= 0.3 is 0 Å². The zero-order chi connectivity index (χ0) is 10.6. The minimum Gasteiger partial charge on any atom is -0.312 e. The number of aromatic nitrogens is 2. The molecule has 0 aromatic carbocycles. The SMILES string of the molecule is CNC1c2c(C)nn(C)c2CCC12CC2. The van der Waals surface area contributed by atoms with Crippen LogP contribution in [0.2, 0.25) is 0 Å². The molecule has 2 aliphatic carbocycles. The van der Waals surface area contributed by atoms with Crippen LogP contribution in [0.5, 0.6) is 0 Å². The first-order chi connectivity index (χ1) is 7.18. The Kier molecular flexibility index (Phi) is 1.78. The van der Waals surface area contributed by atoms with Crippen molar-refractivity contribution in [2.75, 3.05) is 7.05 Å². The van der Waals surface area contributed by atoms with Crippen LogP contribution in [0.15, 0.2) is 0 Å². The van der Waals surface area contributed by atoms with E-state index in [1.165, 1.54) is 42.6 Å². The minimum atomic E-state index is 0.551. The van der Waals surface area contributed by atoms with Gasteiger partial charge in [0.2, 0.25) is 0 Å². The van der Waals surface area contributed by atoms with Gasteiger partial charge in [-0.05, 0) is 45.1 Å². The summed E-state index contributed by atoms with van der Waals surface area (Å²) in [5.41, 5.74) is 4.74. The molecule has 0 saturated heterocycles. The van der Waals surface area contributed by atoms with E-state index in [1.807, 2.05) is 0 Å². The second-order valence-corrected chi connectivity index (χ2v) is 5.15. The normalized spacial score (nSPS) is 26.7. The predicted octanol–water partition coefficient (Wildman–Crippen LogP) is 1.72. The number of hydrogen-bond donors (Lipinski definition) is 1. The van der Waals surface area contributed by atoms with E-state index in [0.29, 0.717) is 11.5 Å². The van der Waals surface area contributed by atoms with Gasteiger partial charge in [-0.1, -0.05) is 0 Å². The Labute approximate surface area is 90.9 Å². The maximum absolute atomic E-state index is 4.56. The Bertz CT molecular complexity index is 401. The maximum Gasteiger partial charge on any atom is 0.0644 e. The molecule has 0 radical (unpaired) electrons. The average Bonchev–Trinajstić information content (AvgIpc) is 2.91. The number of aryl methyl sites for hydroxylation is 2. The van der Waals surface area contributed by atoms with Crippen LogP contribution in [0, 0.1) is 12.3 Å². The first-order valence-electron chi connectivity index (χ1n) is 5.87. The van der Waals surface area contributed by atoms with Gasteiger partial charge in [0.25, 0.3) is 0 Å². The molecule has 0 aliphatic heterocycles. The molecule has 82 valence electrons. The zero-order valence-corrected chi connectivity index (χ0v) is 9.80. The molecule has 2 aliphatic rings. The summed E-state index contributed by atoms with van der Waals surface area (Å²) >= 11 is 0. The first kappa shape index (κ1) is 9.40. The lowest BCUT2D eigenvalue weighted by Crippen LogP contribution is -2.32. The van der Waals surface area contributed by atoms with Crippen LogP contribution in [0.4, 0.5) is 0 Å². The second kappa shape index (κ2) is 2.85. The smallest absolute Gasteiger partial charge is 0.0644 e. The monoisotopic (exact) mass is 205 g/mol. The molecule has 0 bridgehead atoms. The molecular formula is C12H19N3. The van der Waals surface area contributed by atoms with E-state index in [1.54, 1.807) is 0 Å². The molecule has 1 saturated carbocycles. The second-order valence-electron chi connectivity index (χ2n) is 5.15. The van der Waals surface area contributed by atoms with E-state index >= 15 is 0 Å². The van der Waals surface area contributed by atoms with Crippen molar-refractivity contribution in [2.45, 2.75) is 38.6 Å². The van der Waals surface area contributed by atoms with Crippen molar-refractivity contribution in [1.29, 1.82) is 0 Å². The van der Waals surface area contributed by atoms with Gasteiger partial charge in [0.1, 0.15) is 0 Å². The standard InChI is InChI=1S/C12H19N3/c1-8-10-9(15(3)14-8)4-5-12(6-7-12)11(10)13-2/h11,13H,4-7H2,1-3H3. The summed E-state index contributed by atoms with van der Waals surface area (Å²) in [4.78, 5) is 0. The fourth-order valence-electron chi connectivity index (χ4n) is 3.36. The van der Waals surface area contributed by atoms with Gasteiger partial charge in [0.05, 0.1) is 5.69 Å². The Morgan fingerprint density at radius 2 is 2.13 bits per heavy atom. The molecule has 3 heteroatoms. The molecule has 1 heterocycles. The number of rotatable bonds is 1. The van der Waals surface area contributed by atoms with Crippen molar-refractivity contribution >= 4 is 0 Å².